The zero-order valence-electron chi connectivity index (χ0n) is 13.5. The maximum atomic E-state index is 4.69. The number of aromatic nitrogens is 1. The monoisotopic (exact) mass is 430 g/mol. The van der Waals surface area contributed by atoms with Gasteiger partial charge in [-0.1, -0.05) is 30.3 Å². The smallest absolute Gasteiger partial charge is 0.195 e. The molecular weight excluding hydrogens is 407 g/mol. The Hall–Kier alpha value is -1.15. The van der Waals surface area contributed by atoms with Gasteiger partial charge >= 0.3 is 0 Å². The molecule has 0 aliphatic heterocycles. The van der Waals surface area contributed by atoms with Crippen molar-refractivity contribution in [2.24, 2.45) is 4.99 Å². The Balaban J connectivity index is 0.00000242. The minimum atomic E-state index is 0. The van der Waals surface area contributed by atoms with E-state index in [1.54, 1.807) is 11.3 Å². The standard InChI is InChI=1S/C16H22N4S.HI/c1-19(2)16(20(3)4)17-11-10-14-12-21-15(18-14)13-8-6-5-7-9-13;/h5-9,12H,10-11H2,1-4H3;1H. The third-order valence-electron chi connectivity index (χ3n) is 2.99. The Kier molecular flexibility index (Phi) is 7.81. The number of benzene rings is 1. The molecule has 0 aliphatic carbocycles. The van der Waals surface area contributed by atoms with Crippen LogP contribution in [0.1, 0.15) is 5.69 Å². The highest BCUT2D eigenvalue weighted by Crippen LogP contribution is 2.23. The molecular formula is C16H23IN4S. The van der Waals surface area contributed by atoms with Crippen LogP contribution in [0.2, 0.25) is 0 Å². The van der Waals surface area contributed by atoms with Gasteiger partial charge < -0.3 is 9.80 Å². The number of aliphatic imine (C=N–C) groups is 1. The van der Waals surface area contributed by atoms with E-state index in [2.05, 4.69) is 27.5 Å². The molecule has 0 fully saturated rings. The lowest BCUT2D eigenvalue weighted by Crippen LogP contribution is -2.35. The Bertz CT molecular complexity index is 583. The third kappa shape index (κ3) is 5.24. The summed E-state index contributed by atoms with van der Waals surface area (Å²) in [6.07, 6.45) is 0.870. The summed E-state index contributed by atoms with van der Waals surface area (Å²) in [5.74, 6) is 0.980. The van der Waals surface area contributed by atoms with Crippen LogP contribution in [0, 0.1) is 0 Å². The van der Waals surface area contributed by atoms with Crippen LogP contribution in [-0.2, 0) is 6.42 Å². The van der Waals surface area contributed by atoms with Crippen LogP contribution in [0.15, 0.2) is 40.7 Å². The summed E-state index contributed by atoms with van der Waals surface area (Å²) in [6, 6.07) is 10.3. The highest BCUT2D eigenvalue weighted by Gasteiger charge is 2.06. The number of guanidine groups is 1. The van der Waals surface area contributed by atoms with Crippen molar-refractivity contribution in [1.29, 1.82) is 0 Å². The van der Waals surface area contributed by atoms with E-state index in [0.717, 1.165) is 29.6 Å². The lowest BCUT2D eigenvalue weighted by atomic mass is 10.2. The van der Waals surface area contributed by atoms with Crippen molar-refractivity contribution in [1.82, 2.24) is 14.8 Å². The number of rotatable bonds is 4. The molecule has 120 valence electrons. The molecule has 0 bridgehead atoms. The van der Waals surface area contributed by atoms with E-state index in [4.69, 9.17) is 0 Å². The van der Waals surface area contributed by atoms with Crippen molar-refractivity contribution < 1.29 is 0 Å². The second-order valence-corrected chi connectivity index (χ2v) is 6.09. The van der Waals surface area contributed by atoms with Crippen LogP contribution in [0.25, 0.3) is 10.6 Å². The molecule has 2 rings (SSSR count). The molecule has 0 spiro atoms. The Morgan fingerprint density at radius 3 is 2.32 bits per heavy atom. The van der Waals surface area contributed by atoms with Gasteiger partial charge in [-0.2, -0.15) is 0 Å². The molecule has 1 aromatic heterocycles. The molecule has 0 unspecified atom stereocenters. The second kappa shape index (κ2) is 9.09. The molecule has 0 saturated heterocycles. The quantitative estimate of drug-likeness (QED) is 0.423. The molecule has 22 heavy (non-hydrogen) atoms. The van der Waals surface area contributed by atoms with E-state index < -0.39 is 0 Å². The number of hydrogen-bond acceptors (Lipinski definition) is 3. The molecule has 0 N–H and O–H groups in total. The topological polar surface area (TPSA) is 31.7 Å². The maximum Gasteiger partial charge on any atom is 0.195 e. The van der Waals surface area contributed by atoms with E-state index in [-0.39, 0.29) is 24.0 Å². The lowest BCUT2D eigenvalue weighted by molar-refractivity contribution is 0.479. The van der Waals surface area contributed by atoms with Gasteiger partial charge in [0.15, 0.2) is 5.96 Å². The average Bonchev–Trinajstić information content (AvgIpc) is 2.92. The first-order valence-corrected chi connectivity index (χ1v) is 7.85. The summed E-state index contributed by atoms with van der Waals surface area (Å²) in [4.78, 5) is 13.4. The molecule has 0 atom stereocenters. The normalized spacial score (nSPS) is 9.82. The molecule has 1 aromatic carbocycles. The highest BCUT2D eigenvalue weighted by molar-refractivity contribution is 14.0. The van der Waals surface area contributed by atoms with Gasteiger partial charge in [-0.15, -0.1) is 35.3 Å². The Morgan fingerprint density at radius 1 is 1.09 bits per heavy atom. The van der Waals surface area contributed by atoms with Crippen LogP contribution in [0.3, 0.4) is 0 Å². The van der Waals surface area contributed by atoms with Gasteiger partial charge in [-0.25, -0.2) is 4.98 Å². The molecule has 0 radical (unpaired) electrons. The first-order valence-electron chi connectivity index (χ1n) is 6.97. The Morgan fingerprint density at radius 2 is 1.73 bits per heavy atom. The molecule has 4 nitrogen and oxygen atoms in total. The van der Waals surface area contributed by atoms with Crippen molar-refractivity contribution in [3.63, 3.8) is 0 Å². The minimum Gasteiger partial charge on any atom is -0.349 e. The largest absolute Gasteiger partial charge is 0.349 e. The molecule has 1 heterocycles. The molecule has 0 saturated carbocycles. The number of hydrogen-bond donors (Lipinski definition) is 0. The lowest BCUT2D eigenvalue weighted by Gasteiger charge is -2.22. The van der Waals surface area contributed by atoms with Crippen molar-refractivity contribution in [2.75, 3.05) is 34.7 Å². The van der Waals surface area contributed by atoms with Crippen LogP contribution >= 0.6 is 35.3 Å². The van der Waals surface area contributed by atoms with Crippen LogP contribution in [0.5, 0.6) is 0 Å². The van der Waals surface area contributed by atoms with Gasteiger partial charge in [0.2, 0.25) is 0 Å². The fourth-order valence-corrected chi connectivity index (χ4v) is 2.95. The summed E-state index contributed by atoms with van der Waals surface area (Å²) in [6.45, 7) is 0.754. The van der Waals surface area contributed by atoms with Gasteiger partial charge in [0.1, 0.15) is 5.01 Å². The van der Waals surface area contributed by atoms with Gasteiger partial charge in [-0.05, 0) is 0 Å². The Labute approximate surface area is 153 Å². The van der Waals surface area contributed by atoms with Crippen LogP contribution in [0.4, 0.5) is 0 Å². The van der Waals surface area contributed by atoms with Gasteiger partial charge in [0.25, 0.3) is 0 Å². The highest BCUT2D eigenvalue weighted by atomic mass is 127. The number of thiazole rings is 1. The molecule has 0 aliphatic rings. The summed E-state index contributed by atoms with van der Waals surface area (Å²) < 4.78 is 0. The van der Waals surface area contributed by atoms with Crippen molar-refractivity contribution >= 4 is 41.3 Å². The zero-order valence-corrected chi connectivity index (χ0v) is 16.6. The van der Waals surface area contributed by atoms with Gasteiger partial charge in [-0.3, -0.25) is 4.99 Å². The molecule has 2 aromatic rings. The molecule has 6 heteroatoms. The fraction of sp³-hybridized carbons (Fsp3) is 0.375. The second-order valence-electron chi connectivity index (χ2n) is 5.23. The average molecular weight is 430 g/mol. The number of nitrogens with zero attached hydrogens (tertiary/aromatic N) is 4. The minimum absolute atomic E-state index is 0. The van der Waals surface area contributed by atoms with Crippen molar-refractivity contribution in [2.45, 2.75) is 6.42 Å². The summed E-state index contributed by atoms with van der Waals surface area (Å²) in [5, 5.41) is 3.21. The van der Waals surface area contributed by atoms with Crippen LogP contribution in [-0.4, -0.2) is 55.5 Å². The molecule has 0 amide bonds. The predicted octanol–water partition coefficient (Wildman–Crippen LogP) is 3.45. The van der Waals surface area contributed by atoms with Gasteiger partial charge in [0, 0.05) is 52.1 Å². The van der Waals surface area contributed by atoms with E-state index in [9.17, 15) is 0 Å². The van der Waals surface area contributed by atoms with E-state index in [1.165, 1.54) is 5.56 Å². The summed E-state index contributed by atoms with van der Waals surface area (Å²) >= 11 is 1.69. The number of halogens is 1. The van der Waals surface area contributed by atoms with Crippen LogP contribution < -0.4 is 0 Å². The zero-order chi connectivity index (χ0) is 15.2. The first-order chi connectivity index (χ1) is 10.1. The van der Waals surface area contributed by atoms with Crippen molar-refractivity contribution in [3.05, 3.63) is 41.4 Å². The fourth-order valence-electron chi connectivity index (χ4n) is 2.09. The predicted molar refractivity (Wildman–Crippen MR) is 106 cm³/mol. The summed E-state index contributed by atoms with van der Waals surface area (Å²) in [7, 11) is 8.04. The van der Waals surface area contributed by atoms with E-state index in [0.29, 0.717) is 0 Å². The van der Waals surface area contributed by atoms with E-state index in [1.807, 2.05) is 56.2 Å². The van der Waals surface area contributed by atoms with Gasteiger partial charge in [0.05, 0.1) is 5.69 Å². The van der Waals surface area contributed by atoms with E-state index >= 15 is 0 Å². The maximum absolute atomic E-state index is 4.69. The SMILES string of the molecule is CN(C)C(=NCCc1csc(-c2ccccc2)n1)N(C)C.I. The summed E-state index contributed by atoms with van der Waals surface area (Å²) in [5.41, 5.74) is 2.29. The van der Waals surface area contributed by atoms with Crippen molar-refractivity contribution in [3.8, 4) is 10.6 Å². The third-order valence-corrected chi connectivity index (χ3v) is 3.93. The first kappa shape index (κ1) is 18.9.